The van der Waals surface area contributed by atoms with Gasteiger partial charge >= 0.3 is 11.9 Å². The normalized spacial score (nSPS) is 11.5. The number of rotatable bonds is 17. The Kier molecular flexibility index (Phi) is 14.2. The van der Waals surface area contributed by atoms with Gasteiger partial charge in [0.05, 0.1) is 12.0 Å². The van der Waals surface area contributed by atoms with Crippen molar-refractivity contribution in [3.8, 4) is 16.9 Å². The Labute approximate surface area is 275 Å². The van der Waals surface area contributed by atoms with Crippen molar-refractivity contribution in [3.05, 3.63) is 101 Å². The van der Waals surface area contributed by atoms with E-state index < -0.39 is 11.4 Å². The number of esters is 2. The molecule has 6 heteroatoms. The van der Waals surface area contributed by atoms with Crippen LogP contribution < -0.4 is 4.74 Å². The van der Waals surface area contributed by atoms with Crippen LogP contribution in [0, 0.1) is 11.3 Å². The first-order chi connectivity index (χ1) is 21.9. The number of aliphatic hydroxyl groups excluding tert-OH is 2. The number of aliphatic hydroxyl groups is 2. The molecule has 0 unspecified atom stereocenters. The fourth-order valence-corrected chi connectivity index (χ4v) is 5.23. The molecule has 0 aromatic heterocycles. The molecule has 2 N–H and O–H groups in total. The molecule has 0 atom stereocenters. The number of carbonyl (C=O) groups is 2. The van der Waals surface area contributed by atoms with E-state index in [4.69, 9.17) is 9.47 Å². The fourth-order valence-electron chi connectivity index (χ4n) is 5.23. The summed E-state index contributed by atoms with van der Waals surface area (Å²) in [5.41, 5.74) is 7.68. The quantitative estimate of drug-likeness (QED) is 0.0691. The van der Waals surface area contributed by atoms with Crippen molar-refractivity contribution in [1.82, 2.24) is 0 Å². The monoisotopic (exact) mass is 628 g/mol. The van der Waals surface area contributed by atoms with Crippen LogP contribution in [0.15, 0.2) is 72.8 Å². The molecule has 0 spiro atoms. The number of hydrogen-bond acceptors (Lipinski definition) is 6. The van der Waals surface area contributed by atoms with E-state index in [1.54, 1.807) is 6.92 Å². The molecule has 0 radical (unpaired) electrons. The summed E-state index contributed by atoms with van der Waals surface area (Å²) in [5.74, 6) is -0.156. The summed E-state index contributed by atoms with van der Waals surface area (Å²) in [4.78, 5) is 24.6. The molecule has 0 fully saturated rings. The molecule has 3 aromatic rings. The fraction of sp³-hybridized carbons (Fsp3) is 0.450. The Morgan fingerprint density at radius 2 is 1.33 bits per heavy atom. The summed E-state index contributed by atoms with van der Waals surface area (Å²) in [6.07, 6.45) is 6.64. The van der Waals surface area contributed by atoms with E-state index in [9.17, 15) is 19.8 Å². The zero-order chi connectivity index (χ0) is 33.7. The largest absolute Gasteiger partial charge is 0.465 e. The molecule has 0 saturated carbocycles. The third-order valence-corrected chi connectivity index (χ3v) is 8.21. The number of aryl methyl sites for hydroxylation is 5. The lowest BCUT2D eigenvalue weighted by atomic mass is 9.92. The highest BCUT2D eigenvalue weighted by Gasteiger charge is 2.22. The third-order valence-electron chi connectivity index (χ3n) is 8.21. The Balaban J connectivity index is 1.70. The molecule has 46 heavy (non-hydrogen) atoms. The summed E-state index contributed by atoms with van der Waals surface area (Å²) < 4.78 is 11.3. The van der Waals surface area contributed by atoms with Crippen molar-refractivity contribution < 1.29 is 29.3 Å². The molecule has 3 rings (SSSR count). The summed E-state index contributed by atoms with van der Waals surface area (Å²) in [6, 6.07) is 21.1. The van der Waals surface area contributed by atoms with E-state index in [0.717, 1.165) is 68.1 Å². The van der Waals surface area contributed by atoms with Crippen molar-refractivity contribution in [2.75, 3.05) is 19.8 Å². The van der Waals surface area contributed by atoms with E-state index in [0.29, 0.717) is 17.9 Å². The highest BCUT2D eigenvalue weighted by molar-refractivity contribution is 5.90. The van der Waals surface area contributed by atoms with Gasteiger partial charge in [0.15, 0.2) is 0 Å². The van der Waals surface area contributed by atoms with Gasteiger partial charge in [-0.25, -0.2) is 4.79 Å². The molecular formula is C40H52O6. The highest BCUT2D eigenvalue weighted by atomic mass is 16.5. The lowest BCUT2D eigenvalue weighted by molar-refractivity contribution is -0.153. The van der Waals surface area contributed by atoms with Crippen LogP contribution in [-0.2, 0) is 46.4 Å². The summed E-state index contributed by atoms with van der Waals surface area (Å²) >= 11 is 0. The third kappa shape index (κ3) is 11.3. The van der Waals surface area contributed by atoms with Crippen LogP contribution in [0.25, 0.3) is 11.1 Å². The molecule has 0 amide bonds. The second-order valence-corrected chi connectivity index (χ2v) is 13.3. The van der Waals surface area contributed by atoms with Gasteiger partial charge in [-0.2, -0.15) is 0 Å². The maximum atomic E-state index is 12.6. The minimum atomic E-state index is -0.479. The minimum Gasteiger partial charge on any atom is -0.465 e. The summed E-state index contributed by atoms with van der Waals surface area (Å²) in [6.45, 7) is 13.6. The average molecular weight is 629 g/mol. The van der Waals surface area contributed by atoms with E-state index >= 15 is 0 Å². The lowest BCUT2D eigenvalue weighted by Crippen LogP contribution is -2.23. The molecule has 0 aliphatic rings. The molecule has 0 aliphatic carbocycles. The van der Waals surface area contributed by atoms with E-state index in [2.05, 4.69) is 62.0 Å². The van der Waals surface area contributed by atoms with Gasteiger partial charge in [-0.05, 0) is 119 Å². The molecule has 0 bridgehead atoms. The van der Waals surface area contributed by atoms with Crippen LogP contribution in [0.5, 0.6) is 5.75 Å². The van der Waals surface area contributed by atoms with Gasteiger partial charge in [0, 0.05) is 30.3 Å². The SMILES string of the molecule is C=C(C)C(=O)Oc1cc(CCc2ccc(CCCOC(=O)C(C)(C)C)cc2)ccc1-c1ccc(CCCC(CO)CO)cc1CC. The van der Waals surface area contributed by atoms with Crippen molar-refractivity contribution in [1.29, 1.82) is 0 Å². The number of hydrogen-bond donors (Lipinski definition) is 2. The number of benzene rings is 3. The Morgan fingerprint density at radius 1 is 0.783 bits per heavy atom. The van der Waals surface area contributed by atoms with Crippen LogP contribution in [0.2, 0.25) is 0 Å². The van der Waals surface area contributed by atoms with Crippen LogP contribution in [0.4, 0.5) is 0 Å². The van der Waals surface area contributed by atoms with Gasteiger partial charge in [0.2, 0.25) is 0 Å². The topological polar surface area (TPSA) is 93.1 Å². The van der Waals surface area contributed by atoms with Crippen molar-refractivity contribution in [3.63, 3.8) is 0 Å². The van der Waals surface area contributed by atoms with Gasteiger partial charge in [-0.1, -0.05) is 68.1 Å². The Hall–Kier alpha value is -3.74. The van der Waals surface area contributed by atoms with Crippen LogP contribution >= 0.6 is 0 Å². The highest BCUT2D eigenvalue weighted by Crippen LogP contribution is 2.35. The van der Waals surface area contributed by atoms with Crippen LogP contribution in [-0.4, -0.2) is 42.0 Å². The van der Waals surface area contributed by atoms with E-state index in [-0.39, 0.29) is 25.1 Å². The Bertz CT molecular complexity index is 1440. The first kappa shape index (κ1) is 36.7. The van der Waals surface area contributed by atoms with Crippen LogP contribution in [0.3, 0.4) is 0 Å². The van der Waals surface area contributed by atoms with Gasteiger partial charge in [0.1, 0.15) is 5.75 Å². The summed E-state index contributed by atoms with van der Waals surface area (Å²) in [7, 11) is 0. The van der Waals surface area contributed by atoms with Gasteiger partial charge in [-0.3, -0.25) is 4.79 Å². The van der Waals surface area contributed by atoms with Gasteiger partial charge in [-0.15, -0.1) is 0 Å². The molecule has 0 heterocycles. The Morgan fingerprint density at radius 3 is 1.91 bits per heavy atom. The number of carbonyl (C=O) groups excluding carboxylic acids is 2. The van der Waals surface area contributed by atoms with E-state index in [1.807, 2.05) is 32.9 Å². The average Bonchev–Trinajstić information content (AvgIpc) is 3.04. The van der Waals surface area contributed by atoms with Crippen molar-refractivity contribution in [2.45, 2.75) is 86.0 Å². The standard InChI is InChI=1S/C40H52O6/c1-7-34-24-31(10-8-11-33(26-41)27-42)19-21-35(34)36-22-20-32(25-37(36)46-38(43)28(2)3)18-17-30-15-13-29(14-16-30)12-9-23-45-39(44)40(4,5)6/h13-16,19-22,24-25,33,41-42H,2,7-12,17-18,23,26-27H2,1,3-6H3. The molecule has 248 valence electrons. The zero-order valence-electron chi connectivity index (χ0n) is 28.4. The molecule has 0 aliphatic heterocycles. The maximum absolute atomic E-state index is 12.6. The number of ether oxygens (including phenoxy) is 2. The van der Waals surface area contributed by atoms with Crippen molar-refractivity contribution >= 4 is 11.9 Å². The minimum absolute atomic E-state index is 0.00277. The first-order valence-electron chi connectivity index (χ1n) is 16.5. The zero-order valence-corrected chi connectivity index (χ0v) is 28.4. The maximum Gasteiger partial charge on any atom is 0.338 e. The second-order valence-electron chi connectivity index (χ2n) is 13.3. The van der Waals surface area contributed by atoms with Crippen molar-refractivity contribution in [2.24, 2.45) is 11.3 Å². The molecule has 0 saturated heterocycles. The smallest absolute Gasteiger partial charge is 0.338 e. The first-order valence-corrected chi connectivity index (χ1v) is 16.5. The van der Waals surface area contributed by atoms with Crippen LogP contribution in [0.1, 0.15) is 81.7 Å². The predicted molar refractivity (Wildman–Crippen MR) is 185 cm³/mol. The predicted octanol–water partition coefficient (Wildman–Crippen LogP) is 7.63. The molecule has 6 nitrogen and oxygen atoms in total. The lowest BCUT2D eigenvalue weighted by Gasteiger charge is -2.17. The van der Waals surface area contributed by atoms with E-state index in [1.165, 1.54) is 22.3 Å². The molecular weight excluding hydrogens is 576 g/mol. The summed E-state index contributed by atoms with van der Waals surface area (Å²) in [5, 5.41) is 18.7. The van der Waals surface area contributed by atoms with Gasteiger partial charge < -0.3 is 19.7 Å². The second kappa shape index (κ2) is 17.8. The van der Waals surface area contributed by atoms with Gasteiger partial charge in [0.25, 0.3) is 0 Å². The molecule has 3 aromatic carbocycles.